The van der Waals surface area contributed by atoms with Gasteiger partial charge in [-0.05, 0) is 47.9 Å². The third-order valence-corrected chi connectivity index (χ3v) is 6.20. The summed E-state index contributed by atoms with van der Waals surface area (Å²) in [4.78, 5) is 50.3. The lowest BCUT2D eigenvalue weighted by Crippen LogP contribution is -2.49. The molecule has 0 saturated carbocycles. The van der Waals surface area contributed by atoms with Crippen LogP contribution in [0, 0.1) is 11.3 Å². The number of hydrogen-bond acceptors (Lipinski definition) is 6. The largest absolute Gasteiger partial charge is 0.353 e. The third-order valence-electron chi connectivity index (χ3n) is 6.20. The average molecular weight is 467 g/mol. The van der Waals surface area contributed by atoms with Crippen LogP contribution in [0.15, 0.2) is 70.4 Å². The van der Waals surface area contributed by atoms with Crippen molar-refractivity contribution in [1.82, 2.24) is 19.9 Å². The second-order valence-electron chi connectivity index (χ2n) is 8.42. The van der Waals surface area contributed by atoms with Gasteiger partial charge in [-0.25, -0.2) is 9.78 Å². The predicted molar refractivity (Wildman–Crippen MR) is 132 cm³/mol. The standard InChI is InChI=1S/C26H22N6O3/c27-15-18-7-8-22(28-16-18)31-9-11-32(12-10-31)25(34)20-5-1-3-17(14-20)13-19-4-2-6-21-23(19)29-26(35)30-24(21)33/h1-8,14,16H,9-13H2,(H2,29,30,33,35). The number of aromatic amines is 2. The molecule has 1 aliphatic rings. The lowest BCUT2D eigenvalue weighted by Gasteiger charge is -2.35. The molecule has 1 fully saturated rings. The van der Waals surface area contributed by atoms with Crippen LogP contribution >= 0.6 is 0 Å². The Morgan fingerprint density at radius 1 is 1.00 bits per heavy atom. The van der Waals surface area contributed by atoms with Crippen LogP contribution in [0.25, 0.3) is 10.9 Å². The van der Waals surface area contributed by atoms with E-state index >= 15 is 0 Å². The Kier molecular flexibility index (Phi) is 5.85. The molecule has 2 aromatic heterocycles. The van der Waals surface area contributed by atoms with E-state index < -0.39 is 11.2 Å². The number of amides is 1. The Hall–Kier alpha value is -4.71. The fraction of sp³-hybridized carbons (Fsp3) is 0.192. The van der Waals surface area contributed by atoms with Crippen LogP contribution < -0.4 is 16.1 Å². The minimum Gasteiger partial charge on any atom is -0.353 e. The first kappa shape index (κ1) is 22.1. The first-order valence-electron chi connectivity index (χ1n) is 11.3. The number of pyridine rings is 1. The summed E-state index contributed by atoms with van der Waals surface area (Å²) in [5.41, 5.74) is 2.36. The van der Waals surface area contributed by atoms with Gasteiger partial charge in [0, 0.05) is 37.9 Å². The number of nitrogens with zero attached hydrogens (tertiary/aromatic N) is 4. The summed E-state index contributed by atoms with van der Waals surface area (Å²) in [6.07, 6.45) is 2.02. The van der Waals surface area contributed by atoms with Crippen LogP contribution in [0.2, 0.25) is 0 Å². The van der Waals surface area contributed by atoms with Gasteiger partial charge in [0.15, 0.2) is 0 Å². The maximum absolute atomic E-state index is 13.2. The molecule has 0 aliphatic carbocycles. The van der Waals surface area contributed by atoms with E-state index in [2.05, 4.69) is 25.9 Å². The van der Waals surface area contributed by atoms with E-state index in [9.17, 15) is 14.4 Å². The normalized spacial score (nSPS) is 13.6. The first-order chi connectivity index (χ1) is 17.0. The van der Waals surface area contributed by atoms with Crippen molar-refractivity contribution in [2.45, 2.75) is 6.42 Å². The number of para-hydroxylation sites is 1. The van der Waals surface area contributed by atoms with Gasteiger partial charge in [0.05, 0.1) is 16.5 Å². The van der Waals surface area contributed by atoms with Crippen LogP contribution in [0.5, 0.6) is 0 Å². The maximum atomic E-state index is 13.2. The third kappa shape index (κ3) is 4.54. The van der Waals surface area contributed by atoms with E-state index in [0.29, 0.717) is 54.6 Å². The van der Waals surface area contributed by atoms with Gasteiger partial charge in [0.25, 0.3) is 11.5 Å². The Balaban J connectivity index is 1.30. The highest BCUT2D eigenvalue weighted by Gasteiger charge is 2.23. The van der Waals surface area contributed by atoms with Gasteiger partial charge in [0.2, 0.25) is 0 Å². The summed E-state index contributed by atoms with van der Waals surface area (Å²) in [6, 6.07) is 18.4. The number of carbonyl (C=O) groups is 1. The van der Waals surface area contributed by atoms with Gasteiger partial charge in [-0.3, -0.25) is 14.6 Å². The van der Waals surface area contributed by atoms with E-state index in [1.165, 1.54) is 0 Å². The highest BCUT2D eigenvalue weighted by molar-refractivity contribution is 5.94. The number of fused-ring (bicyclic) bond motifs is 1. The number of rotatable bonds is 4. The van der Waals surface area contributed by atoms with Crippen LogP contribution in [-0.4, -0.2) is 51.9 Å². The first-order valence-corrected chi connectivity index (χ1v) is 11.3. The molecule has 0 spiro atoms. The molecule has 0 atom stereocenters. The van der Waals surface area contributed by atoms with Gasteiger partial charge in [0.1, 0.15) is 11.9 Å². The summed E-state index contributed by atoms with van der Waals surface area (Å²) in [6.45, 7) is 2.45. The fourth-order valence-corrected chi connectivity index (χ4v) is 4.39. The van der Waals surface area contributed by atoms with Crippen LogP contribution in [0.1, 0.15) is 27.0 Å². The van der Waals surface area contributed by atoms with Crippen molar-refractivity contribution in [2.24, 2.45) is 0 Å². The van der Waals surface area contributed by atoms with E-state index in [4.69, 9.17) is 5.26 Å². The average Bonchev–Trinajstić information content (AvgIpc) is 2.89. The minimum atomic E-state index is -0.547. The lowest BCUT2D eigenvalue weighted by molar-refractivity contribution is 0.0746. The Labute approximate surface area is 200 Å². The second-order valence-corrected chi connectivity index (χ2v) is 8.42. The molecule has 3 heterocycles. The topological polar surface area (TPSA) is 126 Å². The van der Waals surface area contributed by atoms with Crippen molar-refractivity contribution in [1.29, 1.82) is 5.26 Å². The summed E-state index contributed by atoms with van der Waals surface area (Å²) in [5.74, 6) is 0.757. The van der Waals surface area contributed by atoms with Gasteiger partial charge >= 0.3 is 5.69 Å². The molecule has 0 radical (unpaired) electrons. The number of H-pyrrole nitrogens is 2. The Morgan fingerprint density at radius 2 is 1.80 bits per heavy atom. The number of benzene rings is 2. The number of carbonyl (C=O) groups excluding carboxylic acids is 1. The van der Waals surface area contributed by atoms with Crippen molar-refractivity contribution < 1.29 is 4.79 Å². The molecule has 0 unspecified atom stereocenters. The summed E-state index contributed by atoms with van der Waals surface area (Å²) >= 11 is 0. The number of aromatic nitrogens is 3. The van der Waals surface area contributed by atoms with E-state index in [-0.39, 0.29) is 5.91 Å². The summed E-state index contributed by atoms with van der Waals surface area (Å²) in [7, 11) is 0. The molecule has 0 bridgehead atoms. The number of hydrogen-bond donors (Lipinski definition) is 2. The lowest BCUT2D eigenvalue weighted by atomic mass is 10.00. The van der Waals surface area contributed by atoms with Crippen LogP contribution in [-0.2, 0) is 6.42 Å². The molecule has 174 valence electrons. The zero-order chi connectivity index (χ0) is 24.4. The maximum Gasteiger partial charge on any atom is 0.326 e. The fourth-order valence-electron chi connectivity index (χ4n) is 4.39. The molecule has 1 amide bonds. The van der Waals surface area contributed by atoms with Crippen LogP contribution in [0.4, 0.5) is 5.82 Å². The summed E-state index contributed by atoms with van der Waals surface area (Å²) in [5, 5.41) is 9.36. The quantitative estimate of drug-likeness (QED) is 0.474. The molecular weight excluding hydrogens is 444 g/mol. The molecule has 9 nitrogen and oxygen atoms in total. The van der Waals surface area contributed by atoms with E-state index in [1.54, 1.807) is 30.5 Å². The van der Waals surface area contributed by atoms with Gasteiger partial charge in [-0.1, -0.05) is 24.3 Å². The molecule has 2 aromatic carbocycles. The van der Waals surface area contributed by atoms with Crippen molar-refractivity contribution in [2.75, 3.05) is 31.1 Å². The predicted octanol–water partition coefficient (Wildman–Crippen LogP) is 2.04. The molecule has 35 heavy (non-hydrogen) atoms. The zero-order valence-electron chi connectivity index (χ0n) is 18.8. The summed E-state index contributed by atoms with van der Waals surface area (Å²) < 4.78 is 0. The monoisotopic (exact) mass is 466 g/mol. The van der Waals surface area contributed by atoms with Gasteiger partial charge in [-0.2, -0.15) is 5.26 Å². The molecular formula is C26H22N6O3. The SMILES string of the molecule is N#Cc1ccc(N2CCN(C(=O)c3cccc(Cc4cccc5c(=O)[nH]c(=O)[nH]c45)c3)CC2)nc1. The van der Waals surface area contributed by atoms with Crippen molar-refractivity contribution in [3.8, 4) is 6.07 Å². The van der Waals surface area contributed by atoms with Crippen molar-refractivity contribution in [3.63, 3.8) is 0 Å². The van der Waals surface area contributed by atoms with Crippen molar-refractivity contribution in [3.05, 3.63) is 104 Å². The Bertz CT molecular complexity index is 1560. The second kappa shape index (κ2) is 9.27. The molecule has 2 N–H and O–H groups in total. The highest BCUT2D eigenvalue weighted by Crippen LogP contribution is 2.19. The molecule has 5 rings (SSSR count). The molecule has 4 aromatic rings. The van der Waals surface area contributed by atoms with Gasteiger partial charge in [-0.15, -0.1) is 0 Å². The minimum absolute atomic E-state index is 0.0398. The Morgan fingerprint density at radius 3 is 2.54 bits per heavy atom. The number of nitrogens with one attached hydrogen (secondary N) is 2. The smallest absolute Gasteiger partial charge is 0.326 e. The van der Waals surface area contributed by atoms with Gasteiger partial charge < -0.3 is 14.8 Å². The number of anilines is 1. The van der Waals surface area contributed by atoms with Crippen molar-refractivity contribution >= 4 is 22.6 Å². The van der Waals surface area contributed by atoms with E-state index in [1.807, 2.05) is 35.2 Å². The molecule has 1 aliphatic heterocycles. The van der Waals surface area contributed by atoms with E-state index in [0.717, 1.165) is 16.9 Å². The van der Waals surface area contributed by atoms with Crippen LogP contribution in [0.3, 0.4) is 0 Å². The number of nitriles is 1. The molecule has 1 saturated heterocycles. The molecule has 9 heteroatoms. The highest BCUT2D eigenvalue weighted by atomic mass is 16.2. The number of piperazine rings is 1. The zero-order valence-corrected chi connectivity index (χ0v) is 18.8.